The third-order valence-corrected chi connectivity index (χ3v) is 7.82. The van der Waals surface area contributed by atoms with Crippen LogP contribution in [0.3, 0.4) is 0 Å². The van der Waals surface area contributed by atoms with E-state index in [1.165, 1.54) is 11.1 Å². The molecule has 0 fully saturated rings. The summed E-state index contributed by atoms with van der Waals surface area (Å²) in [6.45, 7) is 0. The number of benzene rings is 2. The average molecular weight is 533 g/mol. The van der Waals surface area contributed by atoms with Gasteiger partial charge in [-0.3, -0.25) is 24.1 Å². The fourth-order valence-electron chi connectivity index (χ4n) is 5.82. The number of amides is 4. The highest BCUT2D eigenvalue weighted by Crippen LogP contribution is 2.39. The van der Waals surface area contributed by atoms with Gasteiger partial charge in [-0.2, -0.15) is 0 Å². The van der Waals surface area contributed by atoms with Crippen LogP contribution in [0.2, 0.25) is 0 Å². The number of primary amides is 2. The smallest absolute Gasteiger partial charge is 0.243 e. The van der Waals surface area contributed by atoms with Crippen LogP contribution in [0, 0.1) is 0 Å². The van der Waals surface area contributed by atoms with Crippen LogP contribution in [-0.2, 0) is 44.9 Å². The first-order valence-corrected chi connectivity index (χ1v) is 14.2. The zero-order valence-electron chi connectivity index (χ0n) is 22.6. The molecule has 4 amide bonds. The fraction of sp³-hybridized carbons (Fsp3) is 0.484. The van der Waals surface area contributed by atoms with Crippen molar-refractivity contribution in [3.05, 3.63) is 64.7 Å². The van der Waals surface area contributed by atoms with E-state index in [0.29, 0.717) is 32.1 Å². The molecule has 8 heteroatoms. The van der Waals surface area contributed by atoms with Crippen molar-refractivity contribution in [1.29, 1.82) is 0 Å². The number of hydrogen-bond acceptors (Lipinski definition) is 4. The van der Waals surface area contributed by atoms with E-state index < -0.39 is 11.9 Å². The molecule has 2 atom stereocenters. The number of para-hydroxylation sites is 1. The van der Waals surface area contributed by atoms with E-state index in [4.69, 9.17) is 11.5 Å². The van der Waals surface area contributed by atoms with Crippen molar-refractivity contribution in [1.82, 2.24) is 5.32 Å². The highest BCUT2D eigenvalue weighted by molar-refractivity contribution is 6.04. The van der Waals surface area contributed by atoms with Gasteiger partial charge in [-0.1, -0.05) is 48.9 Å². The zero-order valence-corrected chi connectivity index (χ0v) is 22.6. The van der Waals surface area contributed by atoms with Crippen molar-refractivity contribution in [3.8, 4) is 0 Å². The second-order valence-corrected chi connectivity index (χ2v) is 10.9. The monoisotopic (exact) mass is 532 g/mol. The molecule has 208 valence electrons. The number of nitrogens with one attached hydrogen (secondary N) is 1. The molecule has 39 heavy (non-hydrogen) atoms. The van der Waals surface area contributed by atoms with Crippen LogP contribution in [-0.4, -0.2) is 35.7 Å². The molecule has 0 saturated heterocycles. The molecule has 0 saturated carbocycles. The summed E-state index contributed by atoms with van der Waals surface area (Å²) in [4.78, 5) is 50.7. The summed E-state index contributed by atoms with van der Waals surface area (Å²) >= 11 is 0. The number of unbranched alkanes of at least 4 members (excludes halogenated alkanes) is 2. The molecular formula is C31H40N4O4. The lowest BCUT2D eigenvalue weighted by Crippen LogP contribution is -2.50. The molecule has 2 aliphatic rings. The Morgan fingerprint density at radius 1 is 0.872 bits per heavy atom. The van der Waals surface area contributed by atoms with Crippen LogP contribution in [0.1, 0.15) is 80.0 Å². The summed E-state index contributed by atoms with van der Waals surface area (Å²) in [6.07, 6.45) is 8.75. The minimum absolute atomic E-state index is 0.000947. The lowest BCUT2D eigenvalue weighted by molar-refractivity contribution is -0.127. The fourth-order valence-corrected chi connectivity index (χ4v) is 5.82. The van der Waals surface area contributed by atoms with Gasteiger partial charge in [0.1, 0.15) is 6.04 Å². The minimum Gasteiger partial charge on any atom is -0.370 e. The number of rotatable bonds is 14. The Morgan fingerprint density at radius 3 is 2.36 bits per heavy atom. The molecule has 2 aromatic carbocycles. The summed E-state index contributed by atoms with van der Waals surface area (Å²) in [5.41, 5.74) is 16.2. The molecule has 0 bridgehead atoms. The molecule has 0 aromatic heterocycles. The maximum Gasteiger partial charge on any atom is 0.243 e. The van der Waals surface area contributed by atoms with Crippen molar-refractivity contribution < 1.29 is 19.2 Å². The number of carbonyl (C=O) groups is 4. The Labute approximate surface area is 230 Å². The highest BCUT2D eigenvalue weighted by Gasteiger charge is 2.40. The van der Waals surface area contributed by atoms with Crippen LogP contribution < -0.4 is 21.7 Å². The van der Waals surface area contributed by atoms with E-state index in [1.807, 2.05) is 18.2 Å². The maximum absolute atomic E-state index is 13.6. The lowest BCUT2D eigenvalue weighted by atomic mass is 9.98. The van der Waals surface area contributed by atoms with Gasteiger partial charge < -0.3 is 16.8 Å². The third kappa shape index (κ3) is 7.68. The normalized spacial score (nSPS) is 16.9. The first-order valence-electron chi connectivity index (χ1n) is 14.2. The number of carbonyl (C=O) groups excluding carboxylic acids is 4. The second kappa shape index (κ2) is 13.4. The van der Waals surface area contributed by atoms with Crippen molar-refractivity contribution in [2.24, 2.45) is 11.5 Å². The van der Waals surface area contributed by atoms with E-state index in [1.54, 1.807) is 4.90 Å². The Morgan fingerprint density at radius 2 is 1.59 bits per heavy atom. The van der Waals surface area contributed by atoms with E-state index >= 15 is 0 Å². The Kier molecular flexibility index (Phi) is 9.74. The molecule has 2 aliphatic heterocycles. The third-order valence-electron chi connectivity index (χ3n) is 7.82. The van der Waals surface area contributed by atoms with E-state index in [-0.39, 0.29) is 30.2 Å². The standard InChI is InChI=1S/C31H40N4O4/c32-27(36)13-3-1-2-7-21-8-4-9-22(19-21)15-16-25(17-18-28(33)37)34-31(39)26-20-24-12-5-10-23-11-6-14-29(38)35(26)30(23)24/h4-5,8-10,12,19,25-26H,1-3,6-7,11,13-18,20H2,(H2,32,36)(H2,33,37)(H,34,39)/t25-,26+/m1/s1. The zero-order chi connectivity index (χ0) is 27.8. The van der Waals surface area contributed by atoms with Crippen molar-refractivity contribution in [3.63, 3.8) is 0 Å². The van der Waals surface area contributed by atoms with E-state index in [0.717, 1.165) is 61.8 Å². The number of hydrogen-bond donors (Lipinski definition) is 3. The van der Waals surface area contributed by atoms with E-state index in [2.05, 4.69) is 29.6 Å². The van der Waals surface area contributed by atoms with Gasteiger partial charge in [-0.15, -0.1) is 0 Å². The number of nitrogens with two attached hydrogens (primary N) is 2. The summed E-state index contributed by atoms with van der Waals surface area (Å²) < 4.78 is 0. The highest BCUT2D eigenvalue weighted by atomic mass is 16.2. The van der Waals surface area contributed by atoms with Gasteiger partial charge in [0, 0.05) is 31.7 Å². The van der Waals surface area contributed by atoms with E-state index in [9.17, 15) is 19.2 Å². The van der Waals surface area contributed by atoms with Gasteiger partial charge in [-0.25, -0.2) is 0 Å². The number of anilines is 1. The maximum atomic E-state index is 13.6. The SMILES string of the molecule is NC(=O)CCCCCc1cccc(CC[C@H](CCC(N)=O)NC(=O)[C@@H]2Cc3cccc4c3N2C(=O)CCC4)c1. The molecule has 0 spiro atoms. The predicted octanol–water partition coefficient (Wildman–Crippen LogP) is 3.25. The summed E-state index contributed by atoms with van der Waals surface area (Å²) in [5.74, 6) is -0.825. The average Bonchev–Trinajstić information content (AvgIpc) is 3.22. The first-order chi connectivity index (χ1) is 18.8. The summed E-state index contributed by atoms with van der Waals surface area (Å²) in [5, 5.41) is 3.16. The van der Waals surface area contributed by atoms with Gasteiger partial charge in [0.25, 0.3) is 0 Å². The van der Waals surface area contributed by atoms with Gasteiger partial charge in [0.2, 0.25) is 23.6 Å². The summed E-state index contributed by atoms with van der Waals surface area (Å²) in [7, 11) is 0. The first kappa shape index (κ1) is 28.3. The number of aryl methyl sites for hydroxylation is 3. The minimum atomic E-state index is -0.569. The molecule has 8 nitrogen and oxygen atoms in total. The largest absolute Gasteiger partial charge is 0.370 e. The molecule has 2 aromatic rings. The van der Waals surface area contributed by atoms with Crippen LogP contribution in [0.4, 0.5) is 5.69 Å². The van der Waals surface area contributed by atoms with Gasteiger partial charge in [0.05, 0.1) is 5.69 Å². The molecule has 0 radical (unpaired) electrons. The van der Waals surface area contributed by atoms with Crippen LogP contribution >= 0.6 is 0 Å². The Bertz CT molecular complexity index is 1210. The van der Waals surface area contributed by atoms with Gasteiger partial charge >= 0.3 is 0 Å². The quantitative estimate of drug-likeness (QED) is 0.322. The second-order valence-electron chi connectivity index (χ2n) is 10.9. The van der Waals surface area contributed by atoms with Crippen LogP contribution in [0.5, 0.6) is 0 Å². The van der Waals surface area contributed by atoms with Gasteiger partial charge in [0.15, 0.2) is 0 Å². The molecular weight excluding hydrogens is 492 g/mol. The van der Waals surface area contributed by atoms with Crippen molar-refractivity contribution in [2.75, 3.05) is 4.90 Å². The molecule has 5 N–H and O–H groups in total. The summed E-state index contributed by atoms with van der Waals surface area (Å²) in [6, 6.07) is 13.7. The predicted molar refractivity (Wildman–Crippen MR) is 151 cm³/mol. The van der Waals surface area contributed by atoms with Crippen LogP contribution in [0.15, 0.2) is 42.5 Å². The van der Waals surface area contributed by atoms with Crippen molar-refractivity contribution in [2.45, 2.75) is 95.6 Å². The Hall–Kier alpha value is -3.68. The van der Waals surface area contributed by atoms with Crippen LogP contribution in [0.25, 0.3) is 0 Å². The molecule has 2 heterocycles. The molecule has 4 rings (SSSR count). The lowest BCUT2D eigenvalue weighted by Gasteiger charge is -2.27. The topological polar surface area (TPSA) is 136 Å². The Balaban J connectivity index is 1.38. The molecule has 0 unspecified atom stereocenters. The van der Waals surface area contributed by atoms with Crippen molar-refractivity contribution >= 4 is 29.3 Å². The van der Waals surface area contributed by atoms with Gasteiger partial charge in [-0.05, 0) is 73.6 Å². The molecule has 0 aliphatic carbocycles. The number of nitrogens with zero attached hydrogens (tertiary/aromatic N) is 1.